The number of hydrogen-bond donors (Lipinski definition) is 4. The topological polar surface area (TPSA) is 157 Å². The molecule has 10 heteroatoms. The molecule has 6 N–H and O–H groups in total. The van der Waals surface area contributed by atoms with Crippen LogP contribution in [0.25, 0.3) is 11.4 Å². The van der Waals surface area contributed by atoms with E-state index in [1.165, 1.54) is 18.3 Å². The van der Waals surface area contributed by atoms with Crippen molar-refractivity contribution in [3.05, 3.63) is 47.8 Å². The Kier molecular flexibility index (Phi) is 6.47. The summed E-state index contributed by atoms with van der Waals surface area (Å²) < 4.78 is 26.9. The van der Waals surface area contributed by atoms with Crippen LogP contribution in [0.3, 0.4) is 0 Å². The first-order valence-corrected chi connectivity index (χ1v) is 10.7. The minimum absolute atomic E-state index is 0. The largest absolute Gasteiger partial charge is 0.402 e. The second-order valence-corrected chi connectivity index (χ2v) is 8.45. The predicted molar refractivity (Wildman–Crippen MR) is 125 cm³/mol. The molecular weight excluding hydrogens is 404 g/mol. The lowest BCUT2D eigenvalue weighted by atomic mass is 10.2. The predicted octanol–water partition coefficient (Wildman–Crippen LogP) is 1.87. The molecule has 1 heterocycles. The molecule has 0 amide bonds. The quantitative estimate of drug-likeness (QED) is 0.279. The van der Waals surface area contributed by atoms with Gasteiger partial charge in [-0.2, -0.15) is 0 Å². The molecule has 1 aliphatic carbocycles. The SMILES string of the molecule is C#Cc1cnc(-c2cccc(S(=O)(=O)NCCO)c2)nc1N=C(N)C=C(N)C1CC1.[HH].[HH].[HH].[HH].[HH]. The first kappa shape index (κ1) is 21.4. The molecule has 1 aromatic carbocycles. The Balaban J connectivity index is -0.00000205. The molecule has 0 saturated heterocycles. The van der Waals surface area contributed by atoms with Gasteiger partial charge in [0, 0.05) is 31.1 Å². The van der Waals surface area contributed by atoms with Crippen LogP contribution in [0.4, 0.5) is 5.82 Å². The van der Waals surface area contributed by atoms with Gasteiger partial charge in [-0.25, -0.2) is 28.1 Å². The minimum atomic E-state index is -3.78. The number of aliphatic hydroxyl groups is 1. The van der Waals surface area contributed by atoms with E-state index < -0.39 is 10.0 Å². The fourth-order valence-electron chi connectivity index (χ4n) is 2.62. The summed E-state index contributed by atoms with van der Waals surface area (Å²) >= 11 is 0. The highest BCUT2D eigenvalue weighted by Crippen LogP contribution is 2.33. The third-order valence-electron chi connectivity index (χ3n) is 4.33. The van der Waals surface area contributed by atoms with Crippen LogP contribution in [0.15, 0.2) is 52.1 Å². The maximum atomic E-state index is 12.3. The number of nitrogens with two attached hydrogens (primary N) is 2. The van der Waals surface area contributed by atoms with Gasteiger partial charge in [0.2, 0.25) is 10.0 Å². The zero-order valence-electron chi connectivity index (χ0n) is 16.1. The molecule has 1 fully saturated rings. The number of aliphatic imine (C=N–C) groups is 1. The summed E-state index contributed by atoms with van der Waals surface area (Å²) in [4.78, 5) is 12.9. The van der Waals surface area contributed by atoms with Gasteiger partial charge in [0.05, 0.1) is 17.1 Å². The molecule has 30 heavy (non-hydrogen) atoms. The summed E-state index contributed by atoms with van der Waals surface area (Å²) in [6.45, 7) is -0.395. The van der Waals surface area contributed by atoms with Crippen LogP contribution < -0.4 is 16.2 Å². The van der Waals surface area contributed by atoms with E-state index in [0.29, 0.717) is 22.7 Å². The van der Waals surface area contributed by atoms with Gasteiger partial charge >= 0.3 is 0 Å². The van der Waals surface area contributed by atoms with Crippen LogP contribution >= 0.6 is 0 Å². The third kappa shape index (κ3) is 5.21. The lowest BCUT2D eigenvalue weighted by Gasteiger charge is -2.08. The number of aromatic nitrogens is 2. The summed E-state index contributed by atoms with van der Waals surface area (Å²) in [6, 6.07) is 6.09. The molecule has 0 aliphatic heterocycles. The molecule has 3 rings (SSSR count). The highest BCUT2D eigenvalue weighted by Gasteiger charge is 2.24. The number of nitrogens with one attached hydrogen (secondary N) is 1. The van der Waals surface area contributed by atoms with E-state index >= 15 is 0 Å². The molecular formula is C20H32N6O3S. The van der Waals surface area contributed by atoms with Gasteiger partial charge in [0.1, 0.15) is 5.84 Å². The maximum Gasteiger partial charge on any atom is 0.240 e. The molecule has 2 aromatic rings. The number of benzene rings is 1. The second-order valence-electron chi connectivity index (χ2n) is 6.68. The van der Waals surface area contributed by atoms with Crippen molar-refractivity contribution in [2.24, 2.45) is 22.4 Å². The Labute approximate surface area is 182 Å². The van der Waals surface area contributed by atoms with Gasteiger partial charge < -0.3 is 16.6 Å². The van der Waals surface area contributed by atoms with Crippen LogP contribution in [0.5, 0.6) is 0 Å². The van der Waals surface area contributed by atoms with Crippen molar-refractivity contribution in [1.29, 1.82) is 0 Å². The van der Waals surface area contributed by atoms with Crippen molar-refractivity contribution in [2.45, 2.75) is 17.7 Å². The number of rotatable bonds is 8. The fourth-order valence-corrected chi connectivity index (χ4v) is 3.69. The average molecular weight is 437 g/mol. The zero-order chi connectivity index (χ0) is 21.7. The Morgan fingerprint density at radius 3 is 2.87 bits per heavy atom. The Morgan fingerprint density at radius 1 is 1.43 bits per heavy atom. The summed E-state index contributed by atoms with van der Waals surface area (Å²) in [5.41, 5.74) is 13.4. The van der Waals surface area contributed by atoms with Gasteiger partial charge in [0.15, 0.2) is 11.6 Å². The van der Waals surface area contributed by atoms with Gasteiger partial charge in [0.25, 0.3) is 0 Å². The van der Waals surface area contributed by atoms with E-state index in [2.05, 4.69) is 25.6 Å². The van der Waals surface area contributed by atoms with Gasteiger partial charge in [-0.15, -0.1) is 6.42 Å². The van der Waals surface area contributed by atoms with E-state index in [1.807, 2.05) is 0 Å². The first-order chi connectivity index (χ1) is 14.3. The highest BCUT2D eigenvalue weighted by atomic mass is 32.2. The van der Waals surface area contributed by atoms with Crippen LogP contribution in [0.1, 0.15) is 25.5 Å². The molecule has 0 spiro atoms. The number of aliphatic hydroxyl groups excluding tert-OH is 1. The number of amidine groups is 1. The van der Waals surface area contributed by atoms with Crippen molar-refractivity contribution in [1.82, 2.24) is 14.7 Å². The van der Waals surface area contributed by atoms with Crippen molar-refractivity contribution in [2.75, 3.05) is 13.2 Å². The summed E-state index contributed by atoms with van der Waals surface area (Å²) in [6.07, 6.45) is 10.6. The van der Waals surface area contributed by atoms with Crippen molar-refractivity contribution >= 4 is 21.7 Å². The smallest absolute Gasteiger partial charge is 0.240 e. The molecule has 0 unspecified atom stereocenters. The van der Waals surface area contributed by atoms with Crippen LogP contribution in [-0.2, 0) is 10.0 Å². The lowest BCUT2D eigenvalue weighted by Crippen LogP contribution is -2.26. The molecule has 1 aromatic heterocycles. The van der Waals surface area contributed by atoms with E-state index in [0.717, 1.165) is 12.8 Å². The van der Waals surface area contributed by atoms with Gasteiger partial charge in [-0.3, -0.25) is 0 Å². The third-order valence-corrected chi connectivity index (χ3v) is 5.79. The molecule has 0 bridgehead atoms. The van der Waals surface area contributed by atoms with E-state index in [-0.39, 0.29) is 42.7 Å². The van der Waals surface area contributed by atoms with Crippen molar-refractivity contribution in [3.8, 4) is 23.7 Å². The van der Waals surface area contributed by atoms with E-state index in [1.54, 1.807) is 18.2 Å². The molecule has 0 radical (unpaired) electrons. The highest BCUT2D eigenvalue weighted by molar-refractivity contribution is 7.89. The van der Waals surface area contributed by atoms with Gasteiger partial charge in [-0.05, 0) is 37.0 Å². The van der Waals surface area contributed by atoms with Gasteiger partial charge in [-0.1, -0.05) is 18.1 Å². The number of nitrogens with zero attached hydrogens (tertiary/aromatic N) is 3. The molecule has 0 atom stereocenters. The normalized spacial score (nSPS) is 15.1. The standard InChI is InChI=1S/C20H22N6O3S.5H2/c1-2-13-12-23-19(26-20(13)25-18(22)11-17(21)14-6-7-14)15-4-3-5-16(10-15)30(28,29)24-8-9-27;;;;;/h1,3-5,10-12,14,24,27H,6-9,21H2,(H2,22,23,25,26);5*1H. The second kappa shape index (κ2) is 9.04. The lowest BCUT2D eigenvalue weighted by molar-refractivity contribution is 0.301. The molecule has 1 saturated carbocycles. The Bertz CT molecular complexity index is 1170. The number of hydrogen-bond acceptors (Lipinski definition) is 7. The monoisotopic (exact) mass is 436 g/mol. The van der Waals surface area contributed by atoms with Crippen LogP contribution in [0, 0.1) is 18.3 Å². The number of terminal acetylenes is 1. The van der Waals surface area contributed by atoms with Crippen molar-refractivity contribution in [3.63, 3.8) is 0 Å². The Hall–Kier alpha value is -3.26. The van der Waals surface area contributed by atoms with E-state index in [9.17, 15) is 8.42 Å². The summed E-state index contributed by atoms with van der Waals surface area (Å²) in [5, 5.41) is 8.85. The van der Waals surface area contributed by atoms with Crippen molar-refractivity contribution < 1.29 is 20.7 Å². The van der Waals surface area contributed by atoms with Crippen LogP contribution in [0.2, 0.25) is 0 Å². The molecule has 1 aliphatic rings. The molecule has 166 valence electrons. The summed E-state index contributed by atoms with van der Waals surface area (Å²) in [7, 11) is -3.78. The minimum Gasteiger partial charge on any atom is -0.402 e. The molecule has 9 nitrogen and oxygen atoms in total. The van der Waals surface area contributed by atoms with Crippen LogP contribution in [-0.4, -0.2) is 42.5 Å². The number of sulfonamides is 1. The zero-order valence-corrected chi connectivity index (χ0v) is 16.9. The van der Waals surface area contributed by atoms with E-state index in [4.69, 9.17) is 23.0 Å². The first-order valence-electron chi connectivity index (χ1n) is 9.20. The Morgan fingerprint density at radius 2 is 2.20 bits per heavy atom. The fraction of sp³-hybridized carbons (Fsp3) is 0.250. The summed E-state index contributed by atoms with van der Waals surface area (Å²) in [5.74, 6) is 3.39. The average Bonchev–Trinajstić information content (AvgIpc) is 3.58. The number of allylic oxidation sites excluding steroid dienone is 1. The maximum absolute atomic E-state index is 12.3.